The summed E-state index contributed by atoms with van der Waals surface area (Å²) in [5.74, 6) is -1.01. The number of carbonyl (C=O) groups is 1. The Labute approximate surface area is 108 Å². The molecule has 2 unspecified atom stereocenters. The van der Waals surface area contributed by atoms with Gasteiger partial charge in [0.1, 0.15) is 6.10 Å². The second-order valence-corrected chi connectivity index (χ2v) is 4.78. The highest BCUT2D eigenvalue weighted by molar-refractivity contribution is 7.43. The number of nitrogen functional groups attached to an aromatic ring is 1. The molecule has 0 bridgehead atoms. The molecule has 0 saturated heterocycles. The number of ketones is 1. The van der Waals surface area contributed by atoms with Gasteiger partial charge < -0.3 is 34.8 Å². The molecule has 1 rings (SSSR count). The van der Waals surface area contributed by atoms with E-state index in [1.807, 2.05) is 0 Å². The van der Waals surface area contributed by atoms with E-state index in [1.165, 1.54) is 24.3 Å². The Hall–Kier alpha value is -1.28. The Morgan fingerprint density at radius 2 is 2.00 bits per heavy atom. The van der Waals surface area contributed by atoms with Crippen LogP contribution in [-0.2, 0) is 9.09 Å². The largest absolute Gasteiger partial charge is 0.790 e. The van der Waals surface area contributed by atoms with E-state index in [4.69, 9.17) is 10.8 Å². The van der Waals surface area contributed by atoms with Crippen LogP contribution >= 0.6 is 7.82 Å². The van der Waals surface area contributed by atoms with Crippen LogP contribution in [0.4, 0.5) is 5.69 Å². The zero-order chi connectivity index (χ0) is 14.6. The first kappa shape index (κ1) is 15.8. The third-order valence-corrected chi connectivity index (χ3v) is 2.75. The normalized spacial score (nSPS) is 14.9. The second-order valence-electron chi connectivity index (χ2n) is 3.67. The van der Waals surface area contributed by atoms with E-state index in [2.05, 4.69) is 4.52 Å². The minimum atomic E-state index is -5.51. The van der Waals surface area contributed by atoms with Gasteiger partial charge >= 0.3 is 0 Å². The van der Waals surface area contributed by atoms with Crippen LogP contribution in [0, 0.1) is 0 Å². The van der Waals surface area contributed by atoms with Crippen LogP contribution in [0.15, 0.2) is 24.3 Å². The summed E-state index contributed by atoms with van der Waals surface area (Å²) in [7, 11) is -5.51. The van der Waals surface area contributed by atoms with Crippen LogP contribution in [0.3, 0.4) is 0 Å². The molecule has 1 aromatic carbocycles. The average Bonchev–Trinajstić information content (AvgIpc) is 2.34. The molecule has 9 heteroatoms. The van der Waals surface area contributed by atoms with Gasteiger partial charge in [-0.25, -0.2) is 0 Å². The van der Waals surface area contributed by atoms with Crippen LogP contribution < -0.4 is 15.5 Å². The molecule has 0 aliphatic heterocycles. The number of aliphatic hydroxyl groups excluding tert-OH is 2. The van der Waals surface area contributed by atoms with Crippen LogP contribution in [0.2, 0.25) is 0 Å². The van der Waals surface area contributed by atoms with Crippen molar-refractivity contribution in [3.63, 3.8) is 0 Å². The van der Waals surface area contributed by atoms with Gasteiger partial charge in [0.05, 0.1) is 14.4 Å². The quantitative estimate of drug-likeness (QED) is 0.309. The number of benzene rings is 1. The summed E-state index contributed by atoms with van der Waals surface area (Å²) in [6.45, 7) is -0.955. The van der Waals surface area contributed by atoms with Gasteiger partial charge in [-0.3, -0.25) is 4.79 Å². The van der Waals surface area contributed by atoms with Crippen molar-refractivity contribution in [2.45, 2.75) is 12.2 Å². The minimum absolute atomic E-state index is 0.0258. The van der Waals surface area contributed by atoms with Crippen molar-refractivity contribution in [2.75, 3.05) is 12.3 Å². The van der Waals surface area contributed by atoms with Crippen LogP contribution in [0.5, 0.6) is 0 Å². The number of nitrogens with two attached hydrogens (primary N) is 1. The van der Waals surface area contributed by atoms with E-state index in [9.17, 15) is 24.3 Å². The number of Topliss-reactive ketones (excluding diaryl/α,β-unsaturated/α-hetero) is 1. The number of anilines is 1. The van der Waals surface area contributed by atoms with Crippen LogP contribution in [0.1, 0.15) is 10.4 Å². The molecule has 1 aromatic rings. The van der Waals surface area contributed by atoms with Gasteiger partial charge in [0.25, 0.3) is 0 Å². The number of para-hydroxylation sites is 1. The first-order chi connectivity index (χ1) is 8.76. The summed E-state index contributed by atoms with van der Waals surface area (Å²) in [6.07, 6.45) is -3.89. The van der Waals surface area contributed by atoms with E-state index in [1.54, 1.807) is 0 Å². The number of hydrogen-bond acceptors (Lipinski definition) is 8. The number of phosphoric ester groups is 1. The van der Waals surface area contributed by atoms with Crippen molar-refractivity contribution < 1.29 is 33.9 Å². The first-order valence-corrected chi connectivity index (χ1v) is 6.60. The average molecular weight is 289 g/mol. The summed E-state index contributed by atoms with van der Waals surface area (Å²) in [4.78, 5) is 33.1. The topological polar surface area (TPSA) is 156 Å². The lowest BCUT2D eigenvalue weighted by molar-refractivity contribution is -0.345. The second kappa shape index (κ2) is 6.25. The fourth-order valence-corrected chi connectivity index (χ4v) is 1.92. The van der Waals surface area contributed by atoms with Crippen molar-refractivity contribution in [1.82, 2.24) is 0 Å². The van der Waals surface area contributed by atoms with Crippen LogP contribution in [-0.4, -0.2) is 34.8 Å². The molecule has 19 heavy (non-hydrogen) atoms. The van der Waals surface area contributed by atoms with E-state index < -0.39 is 32.4 Å². The van der Waals surface area contributed by atoms with E-state index in [-0.39, 0.29) is 11.3 Å². The monoisotopic (exact) mass is 289 g/mol. The number of hydrogen-bond donors (Lipinski definition) is 3. The molecule has 0 fully saturated rings. The summed E-state index contributed by atoms with van der Waals surface area (Å²) in [6, 6.07) is 5.65. The van der Waals surface area contributed by atoms with Gasteiger partial charge in [0.15, 0.2) is 11.9 Å². The SMILES string of the molecule is Nc1ccccc1C(=O)C(OP(=O)([O-])[O-])C(O)CO. The minimum Gasteiger partial charge on any atom is -0.790 e. The van der Waals surface area contributed by atoms with Crippen molar-refractivity contribution in [1.29, 1.82) is 0 Å². The zero-order valence-corrected chi connectivity index (χ0v) is 10.5. The van der Waals surface area contributed by atoms with Gasteiger partial charge in [-0.2, -0.15) is 0 Å². The first-order valence-electron chi connectivity index (χ1n) is 5.14. The Kier molecular flexibility index (Phi) is 5.19. The van der Waals surface area contributed by atoms with E-state index in [0.717, 1.165) is 0 Å². The lowest BCUT2D eigenvalue weighted by Crippen LogP contribution is -2.40. The highest BCUT2D eigenvalue weighted by Gasteiger charge is 2.30. The Balaban J connectivity index is 3.08. The highest BCUT2D eigenvalue weighted by Crippen LogP contribution is 2.30. The smallest absolute Gasteiger partial charge is 0.196 e. The van der Waals surface area contributed by atoms with Gasteiger partial charge in [-0.1, -0.05) is 12.1 Å². The fourth-order valence-electron chi connectivity index (χ4n) is 1.40. The highest BCUT2D eigenvalue weighted by atomic mass is 31.2. The molecule has 0 amide bonds. The Morgan fingerprint density at radius 3 is 2.47 bits per heavy atom. The van der Waals surface area contributed by atoms with Crippen LogP contribution in [0.25, 0.3) is 0 Å². The Morgan fingerprint density at radius 1 is 1.42 bits per heavy atom. The maximum atomic E-state index is 12.0. The molecular weight excluding hydrogens is 277 g/mol. The summed E-state index contributed by atoms with van der Waals surface area (Å²) in [5.41, 5.74) is 5.43. The van der Waals surface area contributed by atoms with Gasteiger partial charge in [-0.15, -0.1) is 0 Å². The van der Waals surface area contributed by atoms with Gasteiger partial charge in [-0.05, 0) is 12.1 Å². The van der Waals surface area contributed by atoms with Crippen molar-refractivity contribution in [3.8, 4) is 0 Å². The number of rotatable bonds is 6. The molecule has 8 nitrogen and oxygen atoms in total. The number of carbonyl (C=O) groups excluding carboxylic acids is 1. The predicted octanol–water partition coefficient (Wildman–Crippen LogP) is -1.98. The molecule has 0 heterocycles. The third kappa shape index (κ3) is 4.39. The standard InChI is InChI=1S/C10H14NO7P/c11-7-4-2-1-3-6(7)9(14)10(8(13)5-12)18-19(15,16)17/h1-4,8,10,12-13H,5,11H2,(H2,15,16,17)/p-2. The van der Waals surface area contributed by atoms with Crippen molar-refractivity contribution >= 4 is 19.3 Å². The molecular formula is C10H12NO7P-2. The molecule has 0 saturated carbocycles. The number of aliphatic hydroxyl groups is 2. The van der Waals surface area contributed by atoms with Gasteiger partial charge in [0, 0.05) is 11.3 Å². The molecule has 0 aliphatic rings. The summed E-state index contributed by atoms with van der Waals surface area (Å²) >= 11 is 0. The molecule has 2 atom stereocenters. The summed E-state index contributed by atoms with van der Waals surface area (Å²) in [5, 5.41) is 18.1. The Bertz CT molecular complexity index is 500. The molecule has 4 N–H and O–H groups in total. The van der Waals surface area contributed by atoms with Gasteiger partial charge in [0.2, 0.25) is 0 Å². The van der Waals surface area contributed by atoms with E-state index >= 15 is 0 Å². The fraction of sp³-hybridized carbons (Fsp3) is 0.300. The number of phosphoric acid groups is 1. The molecule has 0 aliphatic carbocycles. The molecule has 0 aromatic heterocycles. The zero-order valence-electron chi connectivity index (χ0n) is 9.63. The lowest BCUT2D eigenvalue weighted by atomic mass is 10.0. The molecule has 0 spiro atoms. The maximum Gasteiger partial charge on any atom is 0.196 e. The molecule has 106 valence electrons. The summed E-state index contributed by atoms with van der Waals surface area (Å²) < 4.78 is 14.5. The third-order valence-electron chi connectivity index (χ3n) is 2.26. The maximum absolute atomic E-state index is 12.0. The predicted molar refractivity (Wildman–Crippen MR) is 60.8 cm³/mol. The van der Waals surface area contributed by atoms with Crippen molar-refractivity contribution in [2.24, 2.45) is 0 Å². The molecule has 0 radical (unpaired) electrons. The lowest BCUT2D eigenvalue weighted by Gasteiger charge is -2.34. The van der Waals surface area contributed by atoms with Crippen molar-refractivity contribution in [3.05, 3.63) is 29.8 Å². The van der Waals surface area contributed by atoms with E-state index in [0.29, 0.717) is 0 Å².